The van der Waals surface area contributed by atoms with Crippen molar-refractivity contribution in [2.45, 2.75) is 32.0 Å². The minimum Gasteiger partial charge on any atom is -0.373 e. The van der Waals surface area contributed by atoms with Crippen LogP contribution in [-0.4, -0.2) is 55.2 Å². The molecule has 2 fully saturated rings. The molecular weight excluding hydrogens is 192 g/mol. The van der Waals surface area contributed by atoms with Crippen LogP contribution in [0.3, 0.4) is 0 Å². The number of urea groups is 1. The molecule has 0 saturated carbocycles. The molecule has 2 rings (SSSR count). The average Bonchev–Trinajstić information content (AvgIpc) is 2.55. The van der Waals surface area contributed by atoms with Gasteiger partial charge in [-0.2, -0.15) is 0 Å². The summed E-state index contributed by atoms with van der Waals surface area (Å²) >= 11 is 0. The summed E-state index contributed by atoms with van der Waals surface area (Å²) in [6.07, 6.45) is 2.90. The third kappa shape index (κ3) is 2.09. The lowest BCUT2D eigenvalue weighted by atomic mass is 9.92. The van der Waals surface area contributed by atoms with Gasteiger partial charge < -0.3 is 14.5 Å². The van der Waals surface area contributed by atoms with Gasteiger partial charge in [0.25, 0.3) is 0 Å². The number of fused-ring (bicyclic) bond motifs is 1. The molecule has 2 saturated heterocycles. The van der Waals surface area contributed by atoms with Crippen LogP contribution in [-0.2, 0) is 4.74 Å². The Morgan fingerprint density at radius 2 is 2.20 bits per heavy atom. The summed E-state index contributed by atoms with van der Waals surface area (Å²) < 4.78 is 5.81. The Kier molecular flexibility index (Phi) is 2.87. The van der Waals surface area contributed by atoms with Gasteiger partial charge in [-0.3, -0.25) is 0 Å². The van der Waals surface area contributed by atoms with E-state index in [4.69, 9.17) is 4.74 Å². The highest BCUT2D eigenvalue weighted by atomic mass is 16.5. The standard InChI is InChI=1S/C11H20N2O2/c1-8-6-9-4-5-13(7-10(9)15-8)11(14)12(2)3/h8-10H,4-7H2,1-3H3/t8-,9-,10+/m1/s1. The molecule has 3 atom stereocenters. The number of likely N-dealkylation sites (tertiary alicyclic amines) is 1. The first-order chi connectivity index (χ1) is 7.08. The fourth-order valence-corrected chi connectivity index (χ4v) is 2.63. The molecule has 0 aromatic carbocycles. The molecule has 2 aliphatic rings. The fraction of sp³-hybridized carbons (Fsp3) is 0.909. The Bertz CT molecular complexity index is 255. The molecule has 0 N–H and O–H groups in total. The second-order valence-electron chi connectivity index (χ2n) is 4.89. The Hall–Kier alpha value is -0.770. The maximum Gasteiger partial charge on any atom is 0.319 e. The van der Waals surface area contributed by atoms with Crippen molar-refractivity contribution in [3.05, 3.63) is 0 Å². The number of hydrogen-bond donors (Lipinski definition) is 0. The lowest BCUT2D eigenvalue weighted by molar-refractivity contribution is 0.00655. The molecule has 2 heterocycles. The van der Waals surface area contributed by atoms with E-state index in [9.17, 15) is 4.79 Å². The molecule has 0 aliphatic carbocycles. The molecule has 0 radical (unpaired) electrons. The lowest BCUT2D eigenvalue weighted by Crippen LogP contribution is -2.48. The molecule has 4 heteroatoms. The van der Waals surface area contributed by atoms with Gasteiger partial charge in [-0.15, -0.1) is 0 Å². The number of carbonyl (C=O) groups is 1. The molecule has 0 unspecified atom stereocenters. The number of hydrogen-bond acceptors (Lipinski definition) is 2. The van der Waals surface area contributed by atoms with E-state index in [0.717, 1.165) is 25.9 Å². The minimum absolute atomic E-state index is 0.108. The van der Waals surface area contributed by atoms with E-state index in [1.165, 1.54) is 0 Å². The van der Waals surface area contributed by atoms with E-state index in [1.54, 1.807) is 19.0 Å². The topological polar surface area (TPSA) is 32.8 Å². The van der Waals surface area contributed by atoms with Gasteiger partial charge in [-0.25, -0.2) is 4.79 Å². The molecule has 86 valence electrons. The zero-order chi connectivity index (χ0) is 11.0. The van der Waals surface area contributed by atoms with Gasteiger partial charge in [0.1, 0.15) is 0 Å². The molecule has 0 spiro atoms. The molecule has 2 aliphatic heterocycles. The van der Waals surface area contributed by atoms with Crippen LogP contribution < -0.4 is 0 Å². The van der Waals surface area contributed by atoms with Crippen molar-refractivity contribution in [2.75, 3.05) is 27.2 Å². The smallest absolute Gasteiger partial charge is 0.319 e. The Balaban J connectivity index is 1.95. The van der Waals surface area contributed by atoms with Crippen LogP contribution in [0.2, 0.25) is 0 Å². The SMILES string of the molecule is C[C@@H]1C[C@H]2CCN(C(=O)N(C)C)C[C@@H]2O1. The number of rotatable bonds is 0. The van der Waals surface area contributed by atoms with Crippen LogP contribution in [0.1, 0.15) is 19.8 Å². The quantitative estimate of drug-likeness (QED) is 0.604. The fourth-order valence-electron chi connectivity index (χ4n) is 2.63. The van der Waals surface area contributed by atoms with Crippen molar-refractivity contribution in [2.24, 2.45) is 5.92 Å². The molecule has 0 aromatic heterocycles. The number of nitrogens with zero attached hydrogens (tertiary/aromatic N) is 2. The van der Waals surface area contributed by atoms with Crippen LogP contribution in [0, 0.1) is 5.92 Å². The largest absolute Gasteiger partial charge is 0.373 e. The maximum atomic E-state index is 11.8. The molecular formula is C11H20N2O2. The Morgan fingerprint density at radius 3 is 2.87 bits per heavy atom. The lowest BCUT2D eigenvalue weighted by Gasteiger charge is -2.35. The van der Waals surface area contributed by atoms with E-state index in [0.29, 0.717) is 12.0 Å². The minimum atomic E-state index is 0.108. The van der Waals surface area contributed by atoms with Gasteiger partial charge in [0, 0.05) is 27.2 Å². The van der Waals surface area contributed by atoms with Crippen molar-refractivity contribution < 1.29 is 9.53 Å². The van der Waals surface area contributed by atoms with E-state index >= 15 is 0 Å². The summed E-state index contributed by atoms with van der Waals surface area (Å²) in [7, 11) is 3.60. The van der Waals surface area contributed by atoms with Gasteiger partial charge in [-0.05, 0) is 25.7 Å². The van der Waals surface area contributed by atoms with Crippen molar-refractivity contribution in [1.82, 2.24) is 9.80 Å². The first-order valence-corrected chi connectivity index (χ1v) is 5.69. The first kappa shape index (κ1) is 10.7. The van der Waals surface area contributed by atoms with Crippen LogP contribution in [0.15, 0.2) is 0 Å². The third-order valence-corrected chi connectivity index (χ3v) is 3.39. The molecule has 15 heavy (non-hydrogen) atoms. The van der Waals surface area contributed by atoms with Crippen molar-refractivity contribution in [1.29, 1.82) is 0 Å². The van der Waals surface area contributed by atoms with E-state index in [2.05, 4.69) is 6.92 Å². The highest BCUT2D eigenvalue weighted by Gasteiger charge is 2.38. The predicted molar refractivity (Wildman–Crippen MR) is 57.7 cm³/mol. The average molecular weight is 212 g/mol. The summed E-state index contributed by atoms with van der Waals surface area (Å²) in [4.78, 5) is 15.3. The van der Waals surface area contributed by atoms with Crippen LogP contribution in [0.4, 0.5) is 4.79 Å². The number of carbonyl (C=O) groups excluding carboxylic acids is 1. The second kappa shape index (κ2) is 4.00. The van der Waals surface area contributed by atoms with Crippen molar-refractivity contribution in [3.8, 4) is 0 Å². The van der Waals surface area contributed by atoms with Crippen LogP contribution in [0.25, 0.3) is 0 Å². The van der Waals surface area contributed by atoms with E-state index in [-0.39, 0.29) is 12.1 Å². The van der Waals surface area contributed by atoms with E-state index < -0.39 is 0 Å². The normalized spacial score (nSPS) is 35.1. The number of piperidine rings is 1. The Morgan fingerprint density at radius 1 is 1.47 bits per heavy atom. The zero-order valence-corrected chi connectivity index (χ0v) is 9.77. The summed E-state index contributed by atoms with van der Waals surface area (Å²) in [5, 5.41) is 0. The number of amides is 2. The molecule has 0 bridgehead atoms. The molecule has 4 nitrogen and oxygen atoms in total. The monoisotopic (exact) mass is 212 g/mol. The van der Waals surface area contributed by atoms with Gasteiger partial charge >= 0.3 is 6.03 Å². The van der Waals surface area contributed by atoms with Crippen molar-refractivity contribution in [3.63, 3.8) is 0 Å². The summed E-state index contributed by atoms with van der Waals surface area (Å²) in [6.45, 7) is 3.77. The maximum absolute atomic E-state index is 11.8. The van der Waals surface area contributed by atoms with Gasteiger partial charge in [-0.1, -0.05) is 0 Å². The summed E-state index contributed by atoms with van der Waals surface area (Å²) in [6, 6.07) is 0.108. The summed E-state index contributed by atoms with van der Waals surface area (Å²) in [5.41, 5.74) is 0. The molecule has 0 aromatic rings. The second-order valence-corrected chi connectivity index (χ2v) is 4.89. The highest BCUT2D eigenvalue weighted by Crippen LogP contribution is 2.32. The third-order valence-electron chi connectivity index (χ3n) is 3.39. The zero-order valence-electron chi connectivity index (χ0n) is 9.77. The molecule has 2 amide bonds. The van der Waals surface area contributed by atoms with Gasteiger partial charge in [0.15, 0.2) is 0 Å². The van der Waals surface area contributed by atoms with Gasteiger partial charge in [0.05, 0.1) is 12.2 Å². The van der Waals surface area contributed by atoms with Crippen molar-refractivity contribution >= 4 is 6.03 Å². The Labute approximate surface area is 91.2 Å². The van der Waals surface area contributed by atoms with Crippen LogP contribution in [0.5, 0.6) is 0 Å². The van der Waals surface area contributed by atoms with E-state index in [1.807, 2.05) is 4.90 Å². The van der Waals surface area contributed by atoms with Gasteiger partial charge in [0.2, 0.25) is 0 Å². The van der Waals surface area contributed by atoms with Crippen LogP contribution >= 0.6 is 0 Å². The number of ether oxygens (including phenoxy) is 1. The first-order valence-electron chi connectivity index (χ1n) is 5.69. The highest BCUT2D eigenvalue weighted by molar-refractivity contribution is 5.73. The summed E-state index contributed by atoms with van der Waals surface area (Å²) in [5.74, 6) is 0.672. The predicted octanol–water partition coefficient (Wildman–Crippen LogP) is 1.17.